The number of fused-ring (bicyclic) bond motifs is 1. The van der Waals surface area contributed by atoms with Crippen LogP contribution in [0.15, 0.2) is 55.0 Å². The second-order valence-electron chi connectivity index (χ2n) is 9.86. The van der Waals surface area contributed by atoms with Crippen molar-refractivity contribution in [3.8, 4) is 34.4 Å². The van der Waals surface area contributed by atoms with E-state index in [-0.39, 0.29) is 41.7 Å². The highest BCUT2D eigenvalue weighted by atomic mass is 19.4. The molecule has 2 aromatic carbocycles. The highest BCUT2D eigenvalue weighted by molar-refractivity contribution is 5.80. The number of aryl methyl sites for hydroxylation is 1. The molecule has 1 unspecified atom stereocenters. The Labute approximate surface area is 237 Å². The molecule has 42 heavy (non-hydrogen) atoms. The zero-order valence-corrected chi connectivity index (χ0v) is 22.7. The molecule has 0 bridgehead atoms. The van der Waals surface area contributed by atoms with E-state index in [4.69, 9.17) is 14.2 Å². The van der Waals surface area contributed by atoms with Crippen molar-refractivity contribution >= 4 is 11.2 Å². The van der Waals surface area contributed by atoms with Crippen molar-refractivity contribution in [1.29, 1.82) is 0 Å². The van der Waals surface area contributed by atoms with Gasteiger partial charge < -0.3 is 18.8 Å². The Morgan fingerprint density at radius 1 is 1.05 bits per heavy atom. The van der Waals surface area contributed by atoms with Crippen LogP contribution < -0.4 is 9.47 Å². The largest absolute Gasteiger partial charge is 0.496 e. The average molecular weight is 583 g/mol. The topological polar surface area (TPSA) is 89.1 Å². The lowest BCUT2D eigenvalue weighted by molar-refractivity contribution is -0.140. The lowest BCUT2D eigenvalue weighted by atomic mass is 10.1. The molecule has 6 rings (SSSR count). The van der Waals surface area contributed by atoms with Gasteiger partial charge in [0.05, 0.1) is 19.0 Å². The Morgan fingerprint density at radius 3 is 2.55 bits per heavy atom. The summed E-state index contributed by atoms with van der Waals surface area (Å²) in [7, 11) is 2.95. The fraction of sp³-hybridized carbons (Fsp3) is 0.310. The highest BCUT2D eigenvalue weighted by Crippen LogP contribution is 2.35. The number of ether oxygens (including phenoxy) is 3. The molecule has 3 aromatic heterocycles. The summed E-state index contributed by atoms with van der Waals surface area (Å²) in [5, 5.41) is 0. The van der Waals surface area contributed by atoms with Crippen molar-refractivity contribution < 1.29 is 31.8 Å². The number of nitrogens with zero attached hydrogens (tertiary/aromatic N) is 6. The summed E-state index contributed by atoms with van der Waals surface area (Å²) in [6, 6.07) is 11.2. The van der Waals surface area contributed by atoms with Crippen LogP contribution in [0.5, 0.6) is 11.6 Å². The van der Waals surface area contributed by atoms with Gasteiger partial charge in [0.15, 0.2) is 22.7 Å². The van der Waals surface area contributed by atoms with Gasteiger partial charge in [0.2, 0.25) is 5.88 Å². The maximum absolute atomic E-state index is 15.0. The third kappa shape index (κ3) is 5.27. The number of aromatic nitrogens is 6. The highest BCUT2D eigenvalue weighted by Gasteiger charge is 2.34. The number of hydrogen-bond donors (Lipinski definition) is 0. The monoisotopic (exact) mass is 582 g/mol. The number of halogens is 4. The molecule has 1 aliphatic rings. The predicted molar refractivity (Wildman–Crippen MR) is 144 cm³/mol. The van der Waals surface area contributed by atoms with Gasteiger partial charge in [-0.3, -0.25) is 4.57 Å². The lowest BCUT2D eigenvalue weighted by Gasteiger charge is -2.24. The van der Waals surface area contributed by atoms with Crippen LogP contribution in [-0.4, -0.2) is 42.8 Å². The number of methoxy groups -OCH3 is 1. The van der Waals surface area contributed by atoms with Crippen molar-refractivity contribution in [1.82, 2.24) is 29.1 Å². The molecule has 5 aromatic rings. The standard InChI is InChI=1S/C29H26F4N6O3/c1-38-14-21(29(31,32)33)35-26(38)18-11-9-17(10-12-18)15-42-28-24-27(39(16-34-24)22-8-3-4-13-41-22)36-25(37-28)23-19(30)6-5-7-20(23)40-2/h5-7,9-12,14,16,22H,3-4,8,13,15H2,1-2H3. The predicted octanol–water partition coefficient (Wildman–Crippen LogP) is 6.34. The Bertz CT molecular complexity index is 1730. The maximum Gasteiger partial charge on any atom is 0.434 e. The lowest BCUT2D eigenvalue weighted by Crippen LogP contribution is -2.18. The molecule has 0 aliphatic carbocycles. The second-order valence-corrected chi connectivity index (χ2v) is 9.86. The molecule has 0 radical (unpaired) electrons. The van der Waals surface area contributed by atoms with E-state index >= 15 is 4.39 Å². The maximum atomic E-state index is 15.0. The summed E-state index contributed by atoms with van der Waals surface area (Å²) in [5.74, 6) is 0.0942. The van der Waals surface area contributed by atoms with E-state index in [0.717, 1.165) is 31.0 Å². The Balaban J connectivity index is 1.33. The van der Waals surface area contributed by atoms with Crippen molar-refractivity contribution in [2.75, 3.05) is 13.7 Å². The van der Waals surface area contributed by atoms with E-state index < -0.39 is 17.7 Å². The van der Waals surface area contributed by atoms with Gasteiger partial charge in [0.1, 0.15) is 30.2 Å². The van der Waals surface area contributed by atoms with Crippen molar-refractivity contribution in [3.63, 3.8) is 0 Å². The first-order chi connectivity index (χ1) is 20.2. The SMILES string of the molecule is COc1cccc(F)c1-c1nc(OCc2ccc(-c3nc(C(F)(F)F)cn3C)cc2)c2ncn(C3CCCCO3)c2n1. The minimum atomic E-state index is -4.53. The van der Waals surface area contributed by atoms with Crippen LogP contribution in [0.2, 0.25) is 0 Å². The number of benzene rings is 2. The van der Waals surface area contributed by atoms with Crippen LogP contribution in [0, 0.1) is 5.82 Å². The smallest absolute Gasteiger partial charge is 0.434 e. The molecule has 0 amide bonds. The zero-order valence-electron chi connectivity index (χ0n) is 22.7. The van der Waals surface area contributed by atoms with E-state index in [2.05, 4.69) is 19.9 Å². The Hall–Kier alpha value is -4.52. The Morgan fingerprint density at radius 2 is 1.86 bits per heavy atom. The molecular weight excluding hydrogens is 556 g/mol. The summed E-state index contributed by atoms with van der Waals surface area (Å²) in [6.45, 7) is 0.667. The van der Waals surface area contributed by atoms with Crippen molar-refractivity contribution in [2.45, 2.75) is 38.3 Å². The first-order valence-corrected chi connectivity index (χ1v) is 13.2. The van der Waals surface area contributed by atoms with E-state index in [1.807, 2.05) is 0 Å². The third-order valence-electron chi connectivity index (χ3n) is 7.03. The van der Waals surface area contributed by atoms with Crippen LogP contribution >= 0.6 is 0 Å². The molecule has 9 nitrogen and oxygen atoms in total. The molecule has 218 valence electrons. The minimum Gasteiger partial charge on any atom is -0.496 e. The van der Waals surface area contributed by atoms with E-state index in [0.29, 0.717) is 23.3 Å². The fourth-order valence-electron chi connectivity index (χ4n) is 4.92. The molecule has 0 spiro atoms. The molecule has 0 N–H and O–H groups in total. The molecule has 13 heteroatoms. The van der Waals surface area contributed by atoms with Gasteiger partial charge in [0.25, 0.3) is 0 Å². The van der Waals surface area contributed by atoms with Crippen molar-refractivity contribution in [2.24, 2.45) is 7.05 Å². The quantitative estimate of drug-likeness (QED) is 0.207. The summed E-state index contributed by atoms with van der Waals surface area (Å²) in [5.41, 5.74) is 1.17. The summed E-state index contributed by atoms with van der Waals surface area (Å²) < 4.78 is 74.9. The van der Waals surface area contributed by atoms with Gasteiger partial charge in [-0.2, -0.15) is 18.2 Å². The number of rotatable bonds is 7. The van der Waals surface area contributed by atoms with Gasteiger partial charge in [-0.1, -0.05) is 30.3 Å². The third-order valence-corrected chi connectivity index (χ3v) is 7.03. The molecule has 1 atom stereocenters. The van der Waals surface area contributed by atoms with Crippen molar-refractivity contribution in [3.05, 3.63) is 72.1 Å². The summed E-state index contributed by atoms with van der Waals surface area (Å²) in [6.07, 6.45) is 0.475. The molecule has 4 heterocycles. The van der Waals surface area contributed by atoms with Crippen LogP contribution in [0.25, 0.3) is 33.9 Å². The van der Waals surface area contributed by atoms with E-state index in [1.165, 1.54) is 30.9 Å². The summed E-state index contributed by atoms with van der Waals surface area (Å²) >= 11 is 0. The number of alkyl halides is 3. The van der Waals surface area contributed by atoms with Crippen LogP contribution in [-0.2, 0) is 24.6 Å². The van der Waals surface area contributed by atoms with Crippen LogP contribution in [0.4, 0.5) is 17.6 Å². The van der Waals surface area contributed by atoms with Crippen LogP contribution in [0.3, 0.4) is 0 Å². The number of hydrogen-bond acceptors (Lipinski definition) is 7. The van der Waals surface area contributed by atoms with E-state index in [1.54, 1.807) is 41.2 Å². The second kappa shape index (κ2) is 11.0. The molecule has 0 saturated carbocycles. The zero-order chi connectivity index (χ0) is 29.4. The Kier molecular flexibility index (Phi) is 7.27. The normalized spacial score (nSPS) is 15.7. The number of imidazole rings is 2. The molecule has 1 aliphatic heterocycles. The molecular formula is C29H26F4N6O3. The van der Waals surface area contributed by atoms with Crippen LogP contribution in [0.1, 0.15) is 36.7 Å². The molecule has 1 saturated heterocycles. The van der Waals surface area contributed by atoms with Gasteiger partial charge in [-0.15, -0.1) is 0 Å². The van der Waals surface area contributed by atoms with Gasteiger partial charge in [-0.05, 0) is 37.0 Å². The fourth-order valence-corrected chi connectivity index (χ4v) is 4.92. The van der Waals surface area contributed by atoms with Gasteiger partial charge >= 0.3 is 6.18 Å². The van der Waals surface area contributed by atoms with E-state index in [9.17, 15) is 13.2 Å². The molecule has 1 fully saturated rings. The minimum absolute atomic E-state index is 0.0569. The first-order valence-electron chi connectivity index (χ1n) is 13.2. The summed E-state index contributed by atoms with van der Waals surface area (Å²) in [4.78, 5) is 17.4. The first kappa shape index (κ1) is 27.6. The van der Waals surface area contributed by atoms with Gasteiger partial charge in [-0.25, -0.2) is 19.3 Å². The van der Waals surface area contributed by atoms with Gasteiger partial charge in [0, 0.05) is 25.4 Å². The average Bonchev–Trinajstić information content (AvgIpc) is 3.60.